The molecule has 126 valence electrons. The van der Waals surface area contributed by atoms with Crippen molar-refractivity contribution >= 4 is 23.3 Å². The molecule has 6 heteroatoms. The maximum Gasteiger partial charge on any atom is 0.255 e. The van der Waals surface area contributed by atoms with Crippen molar-refractivity contribution in [1.29, 1.82) is 0 Å². The number of halogens is 1. The summed E-state index contributed by atoms with van der Waals surface area (Å²) < 4.78 is 0. The molecule has 2 fully saturated rings. The van der Waals surface area contributed by atoms with Crippen LogP contribution >= 0.6 is 11.6 Å². The first kappa shape index (κ1) is 16.5. The number of aliphatic hydroxyl groups excluding tert-OH is 1. The predicted molar refractivity (Wildman–Crippen MR) is 90.9 cm³/mol. The number of carbonyl (C=O) groups excluding carboxylic acids is 1. The van der Waals surface area contributed by atoms with Crippen molar-refractivity contribution in [2.75, 3.05) is 18.4 Å². The Labute approximate surface area is 142 Å². The van der Waals surface area contributed by atoms with Crippen molar-refractivity contribution in [3.63, 3.8) is 0 Å². The molecule has 1 aromatic rings. The number of aliphatic hydroxyl groups is 1. The summed E-state index contributed by atoms with van der Waals surface area (Å²) in [5, 5.41) is 13.4. The number of likely N-dealkylation sites (tertiary alicyclic amines) is 1. The molecule has 0 radical (unpaired) electrons. The highest BCUT2D eigenvalue weighted by atomic mass is 35.5. The van der Waals surface area contributed by atoms with Gasteiger partial charge in [-0.3, -0.25) is 4.79 Å². The number of hydrogen-bond donors (Lipinski definition) is 2. The smallest absolute Gasteiger partial charge is 0.255 e. The highest BCUT2D eigenvalue weighted by Gasteiger charge is 2.22. The minimum absolute atomic E-state index is 0.0199. The number of amides is 1. The topological polar surface area (TPSA) is 65.5 Å². The fourth-order valence-corrected chi connectivity index (χ4v) is 3.58. The van der Waals surface area contributed by atoms with E-state index >= 15 is 0 Å². The largest absolute Gasteiger partial charge is 0.393 e. The van der Waals surface area contributed by atoms with Gasteiger partial charge in [0.1, 0.15) is 5.82 Å². The highest BCUT2D eigenvalue weighted by Crippen LogP contribution is 2.26. The first-order chi connectivity index (χ1) is 11.1. The number of carbonyl (C=O) groups is 1. The normalized spacial score (nSPS) is 25.2. The van der Waals surface area contributed by atoms with Crippen molar-refractivity contribution in [2.45, 2.75) is 57.1 Å². The van der Waals surface area contributed by atoms with Gasteiger partial charge in [0.15, 0.2) is 0 Å². The van der Waals surface area contributed by atoms with Gasteiger partial charge in [0.25, 0.3) is 5.91 Å². The quantitative estimate of drug-likeness (QED) is 0.889. The molecule has 1 aromatic heterocycles. The second-order valence-corrected chi connectivity index (χ2v) is 6.96. The Bertz CT molecular complexity index is 553. The summed E-state index contributed by atoms with van der Waals surface area (Å²) in [5.74, 6) is 0.648. The van der Waals surface area contributed by atoms with Gasteiger partial charge in [-0.15, -0.1) is 0 Å². The van der Waals surface area contributed by atoms with Gasteiger partial charge in [-0.25, -0.2) is 4.98 Å². The standard InChI is InChI=1S/C17H24ClN3O2/c18-15-10-12(17(23)21-8-2-1-3-9-21)11-19-16(15)20-13-4-6-14(22)7-5-13/h10-11,13-14,22H,1-9H2,(H,19,20). The van der Waals surface area contributed by atoms with E-state index in [9.17, 15) is 9.90 Å². The molecule has 5 nitrogen and oxygen atoms in total. The molecule has 23 heavy (non-hydrogen) atoms. The number of piperidine rings is 1. The van der Waals surface area contributed by atoms with Crippen molar-refractivity contribution < 1.29 is 9.90 Å². The first-order valence-corrected chi connectivity index (χ1v) is 8.90. The number of nitrogens with one attached hydrogen (secondary N) is 1. The average molecular weight is 338 g/mol. The van der Waals surface area contributed by atoms with Gasteiger partial charge in [-0.1, -0.05) is 11.6 Å². The van der Waals surface area contributed by atoms with Crippen LogP contribution in [0.4, 0.5) is 5.82 Å². The second kappa shape index (κ2) is 7.49. The van der Waals surface area contributed by atoms with Crippen LogP contribution in [-0.4, -0.2) is 46.1 Å². The average Bonchev–Trinajstić information content (AvgIpc) is 2.59. The van der Waals surface area contributed by atoms with E-state index in [0.29, 0.717) is 16.4 Å². The van der Waals surface area contributed by atoms with E-state index in [2.05, 4.69) is 10.3 Å². The van der Waals surface area contributed by atoms with Crippen LogP contribution in [0.3, 0.4) is 0 Å². The van der Waals surface area contributed by atoms with E-state index in [-0.39, 0.29) is 18.1 Å². The van der Waals surface area contributed by atoms with Crippen LogP contribution < -0.4 is 5.32 Å². The number of pyridine rings is 1. The fraction of sp³-hybridized carbons (Fsp3) is 0.647. The van der Waals surface area contributed by atoms with Crippen molar-refractivity contribution in [2.24, 2.45) is 0 Å². The summed E-state index contributed by atoms with van der Waals surface area (Å²) in [6.45, 7) is 1.64. The summed E-state index contributed by atoms with van der Waals surface area (Å²) in [6.07, 6.45) is 8.20. The summed E-state index contributed by atoms with van der Waals surface area (Å²) >= 11 is 6.32. The number of hydrogen-bond acceptors (Lipinski definition) is 4. The lowest BCUT2D eigenvalue weighted by atomic mass is 9.93. The van der Waals surface area contributed by atoms with Gasteiger partial charge in [0.05, 0.1) is 16.7 Å². The molecule has 1 saturated carbocycles. The molecule has 0 atom stereocenters. The maximum atomic E-state index is 12.5. The number of anilines is 1. The molecule has 0 unspecified atom stereocenters. The number of nitrogens with zero attached hydrogens (tertiary/aromatic N) is 2. The molecule has 1 saturated heterocycles. The van der Waals surface area contributed by atoms with Gasteiger partial charge >= 0.3 is 0 Å². The van der Waals surface area contributed by atoms with E-state index in [4.69, 9.17) is 11.6 Å². The highest BCUT2D eigenvalue weighted by molar-refractivity contribution is 6.33. The van der Waals surface area contributed by atoms with Gasteiger partial charge < -0.3 is 15.3 Å². The van der Waals surface area contributed by atoms with E-state index in [1.54, 1.807) is 12.3 Å². The van der Waals surface area contributed by atoms with Gasteiger partial charge in [0, 0.05) is 25.3 Å². The molecule has 1 aliphatic heterocycles. The van der Waals surface area contributed by atoms with Crippen LogP contribution in [-0.2, 0) is 0 Å². The third-order valence-electron chi connectivity index (χ3n) is 4.77. The van der Waals surface area contributed by atoms with Crippen LogP contribution in [0.2, 0.25) is 5.02 Å². The Hall–Kier alpha value is -1.33. The fourth-order valence-electron chi connectivity index (χ4n) is 3.35. The summed E-state index contributed by atoms with van der Waals surface area (Å²) in [7, 11) is 0. The van der Waals surface area contributed by atoms with Crippen LogP contribution in [0, 0.1) is 0 Å². The Balaban J connectivity index is 1.64. The molecule has 1 aliphatic carbocycles. The predicted octanol–water partition coefficient (Wildman–Crippen LogP) is 3.08. The van der Waals surface area contributed by atoms with E-state index in [1.807, 2.05) is 4.90 Å². The van der Waals surface area contributed by atoms with E-state index < -0.39 is 0 Å². The maximum absolute atomic E-state index is 12.5. The molecule has 0 bridgehead atoms. The van der Waals surface area contributed by atoms with Gasteiger partial charge in [-0.05, 0) is 51.0 Å². The third kappa shape index (κ3) is 4.15. The minimum atomic E-state index is -0.180. The van der Waals surface area contributed by atoms with Gasteiger partial charge in [0.2, 0.25) is 0 Å². The monoisotopic (exact) mass is 337 g/mol. The Morgan fingerprint density at radius 2 is 1.91 bits per heavy atom. The molecule has 0 spiro atoms. The molecule has 1 amide bonds. The molecule has 3 rings (SSSR count). The van der Waals surface area contributed by atoms with Crippen LogP contribution in [0.25, 0.3) is 0 Å². The second-order valence-electron chi connectivity index (χ2n) is 6.56. The lowest BCUT2D eigenvalue weighted by Crippen LogP contribution is -2.35. The SMILES string of the molecule is O=C(c1cnc(NC2CCC(O)CC2)c(Cl)c1)N1CCCCC1. The zero-order chi connectivity index (χ0) is 16.2. The van der Waals surface area contributed by atoms with E-state index in [0.717, 1.165) is 51.6 Å². The molecular weight excluding hydrogens is 314 g/mol. The summed E-state index contributed by atoms with van der Waals surface area (Å²) in [5.41, 5.74) is 0.557. The lowest BCUT2D eigenvalue weighted by molar-refractivity contribution is 0.0724. The summed E-state index contributed by atoms with van der Waals surface area (Å²) in [4.78, 5) is 18.7. The zero-order valence-electron chi connectivity index (χ0n) is 13.3. The molecule has 2 N–H and O–H groups in total. The third-order valence-corrected chi connectivity index (χ3v) is 5.06. The molecule has 0 aromatic carbocycles. The van der Waals surface area contributed by atoms with Crippen molar-refractivity contribution in [1.82, 2.24) is 9.88 Å². The van der Waals surface area contributed by atoms with Crippen molar-refractivity contribution in [3.05, 3.63) is 22.8 Å². The van der Waals surface area contributed by atoms with Crippen LogP contribution in [0.5, 0.6) is 0 Å². The number of rotatable bonds is 3. The molecule has 2 heterocycles. The first-order valence-electron chi connectivity index (χ1n) is 8.53. The Morgan fingerprint density at radius 3 is 2.57 bits per heavy atom. The van der Waals surface area contributed by atoms with Crippen molar-refractivity contribution in [3.8, 4) is 0 Å². The Kier molecular flexibility index (Phi) is 5.38. The molecule has 2 aliphatic rings. The zero-order valence-corrected chi connectivity index (χ0v) is 14.1. The van der Waals surface area contributed by atoms with Crippen LogP contribution in [0.1, 0.15) is 55.3 Å². The molecular formula is C17H24ClN3O2. The van der Waals surface area contributed by atoms with Gasteiger partial charge in [-0.2, -0.15) is 0 Å². The summed E-state index contributed by atoms with van der Waals surface area (Å²) in [6, 6.07) is 2.00. The lowest BCUT2D eigenvalue weighted by Gasteiger charge is -2.28. The minimum Gasteiger partial charge on any atom is -0.393 e. The Morgan fingerprint density at radius 1 is 1.22 bits per heavy atom. The van der Waals surface area contributed by atoms with E-state index in [1.165, 1.54) is 6.42 Å². The number of aromatic nitrogens is 1. The van der Waals surface area contributed by atoms with Crippen LogP contribution in [0.15, 0.2) is 12.3 Å².